The minimum Gasteiger partial charge on any atom is -0.506 e. The number of non-ortho nitro benzene ring substituents is 1. The Labute approximate surface area is 164 Å². The molecule has 0 bridgehead atoms. The number of phenolic OH excluding ortho intramolecular Hbond substituents is 1. The van der Waals surface area contributed by atoms with Crippen molar-refractivity contribution < 1.29 is 24.0 Å². The number of hydrogen-bond donors (Lipinski definition) is 2. The summed E-state index contributed by atoms with van der Waals surface area (Å²) in [4.78, 5) is 22.3. The van der Waals surface area contributed by atoms with E-state index in [1.165, 1.54) is 18.2 Å². The third-order valence-corrected chi connectivity index (χ3v) is 4.26. The summed E-state index contributed by atoms with van der Waals surface area (Å²) >= 11 is 5.97. The number of nitro benzene ring substituents is 1. The molecule has 0 unspecified atom stereocenters. The van der Waals surface area contributed by atoms with Crippen LogP contribution in [0.2, 0.25) is 5.02 Å². The quantitative estimate of drug-likeness (QED) is 0.351. The summed E-state index contributed by atoms with van der Waals surface area (Å²) in [6.07, 6.45) is 0. The largest absolute Gasteiger partial charge is 0.506 e. The van der Waals surface area contributed by atoms with Gasteiger partial charge in [0.25, 0.3) is 11.6 Å². The molecule has 0 fully saturated rings. The van der Waals surface area contributed by atoms with Crippen LogP contribution in [0.5, 0.6) is 11.5 Å². The molecule has 3 rings (SSSR count). The number of hydrogen-bond acceptors (Lipinski definition) is 6. The Morgan fingerprint density at radius 3 is 2.71 bits per heavy atom. The van der Waals surface area contributed by atoms with E-state index in [1.54, 1.807) is 24.3 Å². The van der Waals surface area contributed by atoms with Crippen molar-refractivity contribution in [3.63, 3.8) is 0 Å². The van der Waals surface area contributed by atoms with Crippen molar-refractivity contribution in [3.05, 3.63) is 80.8 Å². The fourth-order valence-electron chi connectivity index (χ4n) is 2.36. The number of halogens is 1. The summed E-state index contributed by atoms with van der Waals surface area (Å²) in [6.45, 7) is 1.97. The van der Waals surface area contributed by atoms with Crippen molar-refractivity contribution in [2.75, 3.05) is 5.32 Å². The van der Waals surface area contributed by atoms with Gasteiger partial charge in [0.1, 0.15) is 23.9 Å². The zero-order chi connectivity index (χ0) is 20.3. The van der Waals surface area contributed by atoms with E-state index in [0.29, 0.717) is 16.5 Å². The smallest absolute Gasteiger partial charge is 0.291 e. The second-order valence-electron chi connectivity index (χ2n) is 5.88. The molecule has 3 aromatic rings. The maximum absolute atomic E-state index is 12.2. The molecule has 0 aliphatic carbocycles. The van der Waals surface area contributed by atoms with Crippen LogP contribution in [-0.4, -0.2) is 15.9 Å². The van der Waals surface area contributed by atoms with E-state index >= 15 is 0 Å². The number of furan rings is 1. The highest BCUT2D eigenvalue weighted by Crippen LogP contribution is 2.28. The highest BCUT2D eigenvalue weighted by atomic mass is 35.5. The van der Waals surface area contributed by atoms with Crippen LogP contribution >= 0.6 is 11.6 Å². The number of aromatic hydroxyl groups is 1. The fourth-order valence-corrected chi connectivity index (χ4v) is 2.48. The Bertz CT molecular complexity index is 1050. The van der Waals surface area contributed by atoms with E-state index < -0.39 is 16.6 Å². The number of nitro groups is 1. The average Bonchev–Trinajstić information content (AvgIpc) is 3.13. The number of rotatable bonds is 6. The number of ether oxygens (including phenoxy) is 1. The maximum atomic E-state index is 12.2. The zero-order valence-corrected chi connectivity index (χ0v) is 15.4. The van der Waals surface area contributed by atoms with Gasteiger partial charge >= 0.3 is 0 Å². The van der Waals surface area contributed by atoms with Gasteiger partial charge in [0, 0.05) is 11.1 Å². The van der Waals surface area contributed by atoms with Crippen LogP contribution in [0.1, 0.15) is 21.9 Å². The van der Waals surface area contributed by atoms with Crippen molar-refractivity contribution in [1.29, 1.82) is 0 Å². The number of phenols is 1. The van der Waals surface area contributed by atoms with Gasteiger partial charge in [-0.1, -0.05) is 11.6 Å². The van der Waals surface area contributed by atoms with Crippen molar-refractivity contribution in [2.24, 2.45) is 0 Å². The van der Waals surface area contributed by atoms with Gasteiger partial charge in [0.15, 0.2) is 5.76 Å². The van der Waals surface area contributed by atoms with Crippen molar-refractivity contribution in [1.82, 2.24) is 0 Å². The second kappa shape index (κ2) is 8.01. The van der Waals surface area contributed by atoms with E-state index in [2.05, 4.69) is 5.32 Å². The Kier molecular flexibility index (Phi) is 5.51. The number of benzene rings is 2. The molecule has 1 heterocycles. The zero-order valence-electron chi connectivity index (χ0n) is 14.6. The molecule has 144 valence electrons. The maximum Gasteiger partial charge on any atom is 0.291 e. The molecule has 0 saturated carbocycles. The molecule has 0 aliphatic rings. The molecule has 9 heteroatoms. The van der Waals surface area contributed by atoms with Crippen molar-refractivity contribution in [2.45, 2.75) is 13.5 Å². The molecule has 0 saturated heterocycles. The molecule has 0 spiro atoms. The minimum atomic E-state index is -0.647. The Morgan fingerprint density at radius 1 is 1.25 bits per heavy atom. The van der Waals surface area contributed by atoms with Crippen LogP contribution < -0.4 is 10.1 Å². The van der Waals surface area contributed by atoms with Gasteiger partial charge < -0.3 is 19.6 Å². The normalized spacial score (nSPS) is 10.5. The van der Waals surface area contributed by atoms with E-state index in [0.717, 1.165) is 11.6 Å². The Balaban J connectivity index is 1.63. The summed E-state index contributed by atoms with van der Waals surface area (Å²) < 4.78 is 11.0. The van der Waals surface area contributed by atoms with Crippen LogP contribution in [0.25, 0.3) is 0 Å². The Morgan fingerprint density at radius 2 is 2.04 bits per heavy atom. The molecule has 2 N–H and O–H groups in total. The van der Waals surface area contributed by atoms with E-state index in [1.807, 2.05) is 6.92 Å². The van der Waals surface area contributed by atoms with Crippen LogP contribution in [0, 0.1) is 17.0 Å². The van der Waals surface area contributed by atoms with Crippen LogP contribution in [0.4, 0.5) is 11.4 Å². The molecule has 1 aromatic heterocycles. The number of aryl methyl sites for hydroxylation is 1. The summed E-state index contributed by atoms with van der Waals surface area (Å²) in [7, 11) is 0. The number of carbonyl (C=O) groups excluding carboxylic acids is 1. The first kappa shape index (κ1) is 19.2. The average molecular weight is 403 g/mol. The molecule has 0 radical (unpaired) electrons. The predicted molar refractivity (Wildman–Crippen MR) is 102 cm³/mol. The molecule has 28 heavy (non-hydrogen) atoms. The lowest BCUT2D eigenvalue weighted by Crippen LogP contribution is -2.11. The Hall–Kier alpha value is -3.52. The minimum absolute atomic E-state index is 0.00337. The summed E-state index contributed by atoms with van der Waals surface area (Å²) in [5, 5.41) is 23.6. The van der Waals surface area contributed by atoms with Gasteiger partial charge in [-0.25, -0.2) is 0 Å². The molecule has 8 nitrogen and oxygen atoms in total. The standard InChI is InChI=1S/C19H15ClN2O6/c1-11-8-13(3-5-15(11)20)27-10-14-4-7-18(28-14)19(24)21-16-6-2-12(22(25)26)9-17(16)23/h2-9,23H,10H2,1H3,(H,21,24). The molecular formula is C19H15ClN2O6. The lowest BCUT2D eigenvalue weighted by atomic mass is 10.2. The lowest BCUT2D eigenvalue weighted by Gasteiger charge is -2.07. The SMILES string of the molecule is Cc1cc(OCc2ccc(C(=O)Nc3ccc([N+](=O)[O-])cc3O)o2)ccc1Cl. The van der Waals surface area contributed by atoms with Gasteiger partial charge in [-0.2, -0.15) is 0 Å². The van der Waals surface area contributed by atoms with Gasteiger partial charge in [-0.15, -0.1) is 0 Å². The van der Waals surface area contributed by atoms with Crippen LogP contribution in [0.3, 0.4) is 0 Å². The lowest BCUT2D eigenvalue weighted by molar-refractivity contribution is -0.384. The first-order valence-electron chi connectivity index (χ1n) is 8.10. The van der Waals surface area contributed by atoms with Crippen LogP contribution in [-0.2, 0) is 6.61 Å². The summed E-state index contributed by atoms with van der Waals surface area (Å²) in [6, 6.07) is 11.7. The topological polar surface area (TPSA) is 115 Å². The van der Waals surface area contributed by atoms with Gasteiger partial charge in [-0.3, -0.25) is 14.9 Å². The second-order valence-corrected chi connectivity index (χ2v) is 6.29. The van der Waals surface area contributed by atoms with E-state index in [4.69, 9.17) is 20.8 Å². The fraction of sp³-hybridized carbons (Fsp3) is 0.105. The number of nitrogens with one attached hydrogen (secondary N) is 1. The van der Waals surface area contributed by atoms with Gasteiger partial charge in [0.05, 0.1) is 16.7 Å². The predicted octanol–water partition coefficient (Wildman–Crippen LogP) is 4.69. The molecule has 2 aromatic carbocycles. The highest BCUT2D eigenvalue weighted by Gasteiger charge is 2.16. The van der Waals surface area contributed by atoms with Gasteiger partial charge in [0.2, 0.25) is 0 Å². The number of amides is 1. The molecule has 0 atom stereocenters. The van der Waals surface area contributed by atoms with E-state index in [-0.39, 0.29) is 23.7 Å². The summed E-state index contributed by atoms with van der Waals surface area (Å²) in [5.74, 6) is 0.00271. The number of nitrogens with zero attached hydrogens (tertiary/aromatic N) is 1. The van der Waals surface area contributed by atoms with E-state index in [9.17, 15) is 20.0 Å². The third kappa shape index (κ3) is 4.41. The highest BCUT2D eigenvalue weighted by molar-refractivity contribution is 6.31. The first-order chi connectivity index (χ1) is 13.3. The number of carbonyl (C=O) groups is 1. The molecule has 0 aliphatic heterocycles. The van der Waals surface area contributed by atoms with Crippen LogP contribution in [0.15, 0.2) is 52.9 Å². The summed E-state index contributed by atoms with van der Waals surface area (Å²) in [5.41, 5.74) is 0.619. The third-order valence-electron chi connectivity index (χ3n) is 3.84. The number of anilines is 1. The van der Waals surface area contributed by atoms with Crippen molar-refractivity contribution in [3.8, 4) is 11.5 Å². The first-order valence-corrected chi connectivity index (χ1v) is 8.47. The van der Waals surface area contributed by atoms with Gasteiger partial charge in [-0.05, 0) is 48.9 Å². The monoisotopic (exact) mass is 402 g/mol. The van der Waals surface area contributed by atoms with Crippen molar-refractivity contribution >= 4 is 28.9 Å². The molecular weight excluding hydrogens is 388 g/mol. The molecule has 1 amide bonds.